The lowest BCUT2D eigenvalue weighted by molar-refractivity contribution is 0.415. The van der Waals surface area contributed by atoms with Crippen molar-refractivity contribution in [2.75, 3.05) is 7.11 Å². The topological polar surface area (TPSA) is 68.8 Å². The molecule has 0 spiro atoms. The molecule has 5 heteroatoms. The Morgan fingerprint density at radius 1 is 1.14 bits per heavy atom. The molecule has 106 valence electrons. The van der Waals surface area contributed by atoms with E-state index in [1.54, 1.807) is 19.2 Å². The average molecular weight is 300 g/mol. The predicted octanol–water partition coefficient (Wildman–Crippen LogP) is 3.63. The minimum Gasteiger partial charge on any atom is -0.495 e. The van der Waals surface area contributed by atoms with Gasteiger partial charge in [0.15, 0.2) is 0 Å². The summed E-state index contributed by atoms with van der Waals surface area (Å²) in [6, 6.07) is 9.70. The molecule has 0 unspecified atom stereocenters. The van der Waals surface area contributed by atoms with Crippen LogP contribution in [0.2, 0.25) is 5.02 Å². The van der Waals surface area contributed by atoms with Crippen molar-refractivity contribution in [1.29, 1.82) is 10.5 Å². The Morgan fingerprint density at radius 2 is 1.71 bits per heavy atom. The van der Waals surface area contributed by atoms with Crippen molar-refractivity contribution in [3.8, 4) is 17.9 Å². The Bertz CT molecular complexity index is 699. The number of allylic oxidation sites excluding steroid dienone is 4. The molecule has 0 aliphatic carbocycles. The fourth-order valence-electron chi connectivity index (χ4n) is 2.49. The van der Waals surface area contributed by atoms with Crippen molar-refractivity contribution >= 4 is 11.6 Å². The molecule has 0 amide bonds. The number of benzene rings is 1. The van der Waals surface area contributed by atoms with Crippen LogP contribution in [0.4, 0.5) is 0 Å². The molecule has 21 heavy (non-hydrogen) atoms. The van der Waals surface area contributed by atoms with Crippen molar-refractivity contribution in [2.24, 2.45) is 0 Å². The molecule has 0 saturated carbocycles. The molecular formula is C16H14ClN3O. The predicted molar refractivity (Wildman–Crippen MR) is 80.5 cm³/mol. The summed E-state index contributed by atoms with van der Waals surface area (Å²) in [5, 5.41) is 22.4. The normalized spacial score (nSPS) is 15.3. The van der Waals surface area contributed by atoms with Gasteiger partial charge in [-0.1, -0.05) is 17.7 Å². The van der Waals surface area contributed by atoms with E-state index in [2.05, 4.69) is 17.5 Å². The van der Waals surface area contributed by atoms with E-state index in [0.717, 1.165) is 17.0 Å². The largest absolute Gasteiger partial charge is 0.495 e. The molecule has 0 aromatic heterocycles. The Kier molecular flexibility index (Phi) is 4.21. The summed E-state index contributed by atoms with van der Waals surface area (Å²) in [5.74, 6) is 0.164. The van der Waals surface area contributed by atoms with E-state index in [1.807, 2.05) is 19.9 Å². The maximum Gasteiger partial charge on any atom is 0.137 e. The molecule has 1 heterocycles. The third-order valence-corrected chi connectivity index (χ3v) is 3.81. The molecule has 2 rings (SSSR count). The van der Waals surface area contributed by atoms with Gasteiger partial charge in [0.1, 0.15) is 5.75 Å². The van der Waals surface area contributed by atoms with Gasteiger partial charge in [0.05, 0.1) is 41.3 Å². The summed E-state index contributed by atoms with van der Waals surface area (Å²) in [6.07, 6.45) is 0. The Morgan fingerprint density at radius 3 is 2.14 bits per heavy atom. The second-order valence-electron chi connectivity index (χ2n) is 4.75. The first-order valence-corrected chi connectivity index (χ1v) is 6.73. The van der Waals surface area contributed by atoms with E-state index in [0.29, 0.717) is 21.9 Å². The van der Waals surface area contributed by atoms with Crippen LogP contribution in [-0.2, 0) is 0 Å². The van der Waals surface area contributed by atoms with E-state index in [1.165, 1.54) is 0 Å². The number of rotatable bonds is 2. The minimum atomic E-state index is -0.398. The molecular weight excluding hydrogens is 286 g/mol. The van der Waals surface area contributed by atoms with Gasteiger partial charge in [-0.05, 0) is 31.5 Å². The molecule has 0 atom stereocenters. The molecule has 0 fully saturated rings. The molecule has 1 aliphatic heterocycles. The zero-order valence-electron chi connectivity index (χ0n) is 12.0. The molecule has 0 radical (unpaired) electrons. The SMILES string of the molecule is COc1ccc(C2C(C#N)=C(C)NC(C)=C2C#N)cc1Cl. The van der Waals surface area contributed by atoms with Crippen LogP contribution in [0.15, 0.2) is 40.7 Å². The number of ether oxygens (including phenoxy) is 1. The average Bonchev–Trinajstić information content (AvgIpc) is 2.46. The van der Waals surface area contributed by atoms with Crippen LogP contribution in [0.1, 0.15) is 25.3 Å². The van der Waals surface area contributed by atoms with Gasteiger partial charge >= 0.3 is 0 Å². The number of nitrogens with zero attached hydrogens (tertiary/aromatic N) is 2. The van der Waals surface area contributed by atoms with Gasteiger partial charge in [-0.15, -0.1) is 0 Å². The van der Waals surface area contributed by atoms with Gasteiger partial charge in [-0.25, -0.2) is 0 Å². The highest BCUT2D eigenvalue weighted by molar-refractivity contribution is 6.32. The summed E-state index contributed by atoms with van der Waals surface area (Å²) in [5.41, 5.74) is 3.36. The Balaban J connectivity index is 2.62. The lowest BCUT2D eigenvalue weighted by atomic mass is 9.81. The number of dihydropyridines is 1. The highest BCUT2D eigenvalue weighted by Crippen LogP contribution is 2.39. The van der Waals surface area contributed by atoms with Crippen molar-refractivity contribution < 1.29 is 4.74 Å². The van der Waals surface area contributed by atoms with E-state index in [-0.39, 0.29) is 0 Å². The molecule has 1 aliphatic rings. The zero-order valence-corrected chi connectivity index (χ0v) is 12.7. The second-order valence-corrected chi connectivity index (χ2v) is 5.16. The number of nitrogens with one attached hydrogen (secondary N) is 1. The van der Waals surface area contributed by atoms with E-state index in [4.69, 9.17) is 16.3 Å². The van der Waals surface area contributed by atoms with Crippen LogP contribution >= 0.6 is 11.6 Å². The highest BCUT2D eigenvalue weighted by Gasteiger charge is 2.29. The summed E-state index contributed by atoms with van der Waals surface area (Å²) in [7, 11) is 1.54. The third-order valence-electron chi connectivity index (χ3n) is 3.51. The number of methoxy groups -OCH3 is 1. The Hall–Kier alpha value is -2.43. The molecule has 1 N–H and O–H groups in total. The molecule has 4 nitrogen and oxygen atoms in total. The first kappa shape index (κ1) is 15.0. The lowest BCUT2D eigenvalue weighted by Gasteiger charge is -2.26. The first-order chi connectivity index (χ1) is 10.0. The van der Waals surface area contributed by atoms with Crippen molar-refractivity contribution in [1.82, 2.24) is 5.32 Å². The number of halogens is 1. The summed E-state index contributed by atoms with van der Waals surface area (Å²) >= 11 is 6.16. The molecule has 1 aromatic rings. The quantitative estimate of drug-likeness (QED) is 0.905. The third kappa shape index (κ3) is 2.59. The van der Waals surface area contributed by atoms with Crippen LogP contribution in [0.3, 0.4) is 0 Å². The number of hydrogen-bond acceptors (Lipinski definition) is 4. The second kappa shape index (κ2) is 5.91. The first-order valence-electron chi connectivity index (χ1n) is 6.35. The molecule has 1 aromatic carbocycles. The van der Waals surface area contributed by atoms with E-state index >= 15 is 0 Å². The van der Waals surface area contributed by atoms with Gasteiger partial charge in [0, 0.05) is 11.4 Å². The van der Waals surface area contributed by atoms with Crippen molar-refractivity contribution in [2.45, 2.75) is 19.8 Å². The van der Waals surface area contributed by atoms with Gasteiger partial charge in [0.25, 0.3) is 0 Å². The van der Waals surface area contributed by atoms with Gasteiger partial charge in [0.2, 0.25) is 0 Å². The minimum absolute atomic E-state index is 0.398. The van der Waals surface area contributed by atoms with Gasteiger partial charge in [-0.2, -0.15) is 10.5 Å². The zero-order chi connectivity index (χ0) is 15.6. The van der Waals surface area contributed by atoms with Crippen LogP contribution in [-0.4, -0.2) is 7.11 Å². The van der Waals surface area contributed by atoms with Crippen LogP contribution in [0.25, 0.3) is 0 Å². The van der Waals surface area contributed by atoms with Crippen molar-refractivity contribution in [3.63, 3.8) is 0 Å². The van der Waals surface area contributed by atoms with Gasteiger partial charge in [-0.3, -0.25) is 0 Å². The molecule has 0 bridgehead atoms. The Labute approximate surface area is 128 Å². The summed E-state index contributed by atoms with van der Waals surface area (Å²) in [6.45, 7) is 3.66. The van der Waals surface area contributed by atoms with Crippen LogP contribution in [0, 0.1) is 22.7 Å². The fourth-order valence-corrected chi connectivity index (χ4v) is 2.75. The number of hydrogen-bond donors (Lipinski definition) is 1. The standard InChI is InChI=1S/C16H14ClN3O/c1-9-12(7-18)16(13(8-19)10(2)20-9)11-4-5-15(21-3)14(17)6-11/h4-6,16,20H,1-3H3. The lowest BCUT2D eigenvalue weighted by Crippen LogP contribution is -2.23. The smallest absolute Gasteiger partial charge is 0.137 e. The summed E-state index contributed by atoms with van der Waals surface area (Å²) < 4.78 is 5.14. The summed E-state index contributed by atoms with van der Waals surface area (Å²) in [4.78, 5) is 0. The van der Waals surface area contributed by atoms with Crippen LogP contribution in [0.5, 0.6) is 5.75 Å². The van der Waals surface area contributed by atoms with Gasteiger partial charge < -0.3 is 10.1 Å². The van der Waals surface area contributed by atoms with E-state index < -0.39 is 5.92 Å². The van der Waals surface area contributed by atoms with Crippen molar-refractivity contribution in [3.05, 3.63) is 51.3 Å². The molecule has 0 saturated heterocycles. The number of nitriles is 2. The van der Waals surface area contributed by atoms with Crippen LogP contribution < -0.4 is 10.1 Å². The fraction of sp³-hybridized carbons (Fsp3) is 0.250. The van der Waals surface area contributed by atoms with E-state index in [9.17, 15) is 10.5 Å². The monoisotopic (exact) mass is 299 g/mol. The maximum atomic E-state index is 9.43. The maximum absolute atomic E-state index is 9.43. The highest BCUT2D eigenvalue weighted by atomic mass is 35.5.